The molecule has 0 aliphatic heterocycles. The van der Waals surface area contributed by atoms with Crippen molar-refractivity contribution in [3.63, 3.8) is 0 Å². The van der Waals surface area contributed by atoms with E-state index in [4.69, 9.17) is 4.74 Å². The second-order valence-corrected chi connectivity index (χ2v) is 4.98. The predicted molar refractivity (Wildman–Crippen MR) is 79.0 cm³/mol. The third-order valence-corrected chi connectivity index (χ3v) is 3.43. The van der Waals surface area contributed by atoms with Crippen LogP contribution in [-0.4, -0.2) is 13.7 Å². The van der Waals surface area contributed by atoms with Gasteiger partial charge in [0.25, 0.3) is 0 Å². The molecule has 112 valence electrons. The highest BCUT2D eigenvalue weighted by molar-refractivity contribution is 5.23. The molecule has 21 heavy (non-hydrogen) atoms. The van der Waals surface area contributed by atoms with Crippen LogP contribution in [0.4, 0.5) is 8.78 Å². The average molecular weight is 291 g/mol. The molecule has 0 bridgehead atoms. The molecule has 0 saturated heterocycles. The lowest BCUT2D eigenvalue weighted by atomic mass is 10.0. The molecule has 1 N–H and O–H groups in total. The van der Waals surface area contributed by atoms with Crippen LogP contribution in [-0.2, 0) is 4.74 Å². The van der Waals surface area contributed by atoms with Crippen LogP contribution < -0.4 is 5.32 Å². The first-order valence-electron chi connectivity index (χ1n) is 6.86. The largest absolute Gasteiger partial charge is 0.383 e. The Morgan fingerprint density at radius 3 is 2.33 bits per heavy atom. The summed E-state index contributed by atoms with van der Waals surface area (Å²) >= 11 is 0. The first-order valence-corrected chi connectivity index (χ1v) is 6.86. The van der Waals surface area contributed by atoms with Crippen molar-refractivity contribution in [1.82, 2.24) is 5.32 Å². The lowest BCUT2D eigenvalue weighted by Gasteiger charge is -2.23. The Morgan fingerprint density at radius 1 is 1.00 bits per heavy atom. The zero-order chi connectivity index (χ0) is 15.2. The van der Waals surface area contributed by atoms with E-state index < -0.39 is 11.6 Å². The predicted octanol–water partition coefficient (Wildman–Crippen LogP) is 4.00. The van der Waals surface area contributed by atoms with E-state index in [1.165, 1.54) is 6.07 Å². The molecule has 0 aromatic heterocycles. The van der Waals surface area contributed by atoms with E-state index in [-0.39, 0.29) is 12.1 Å². The van der Waals surface area contributed by atoms with E-state index in [9.17, 15) is 8.78 Å². The lowest BCUT2D eigenvalue weighted by Crippen LogP contribution is -2.28. The van der Waals surface area contributed by atoms with E-state index in [2.05, 4.69) is 5.32 Å². The Hall–Kier alpha value is -1.78. The first kappa shape index (κ1) is 15.6. The first-order chi connectivity index (χ1) is 10.1. The number of nitrogens with one attached hydrogen (secondary N) is 1. The molecule has 0 radical (unpaired) electrons. The van der Waals surface area contributed by atoms with Gasteiger partial charge in [0.2, 0.25) is 0 Å². The summed E-state index contributed by atoms with van der Waals surface area (Å²) in [6.45, 7) is 2.41. The topological polar surface area (TPSA) is 21.3 Å². The van der Waals surface area contributed by atoms with Gasteiger partial charge in [-0.25, -0.2) is 8.78 Å². The van der Waals surface area contributed by atoms with Crippen LogP contribution in [0.1, 0.15) is 30.1 Å². The van der Waals surface area contributed by atoms with Crippen LogP contribution in [0.25, 0.3) is 0 Å². The molecule has 0 aliphatic rings. The normalized spacial score (nSPS) is 13.9. The molecule has 2 unspecified atom stereocenters. The zero-order valence-electron chi connectivity index (χ0n) is 12.1. The minimum absolute atomic E-state index is 0.0145. The van der Waals surface area contributed by atoms with Crippen molar-refractivity contribution in [1.29, 1.82) is 0 Å². The van der Waals surface area contributed by atoms with Gasteiger partial charge in [0.05, 0.1) is 12.6 Å². The third kappa shape index (κ3) is 4.09. The highest BCUT2D eigenvalue weighted by Crippen LogP contribution is 2.21. The minimum Gasteiger partial charge on any atom is -0.383 e. The quantitative estimate of drug-likeness (QED) is 0.868. The van der Waals surface area contributed by atoms with Gasteiger partial charge in [-0.3, -0.25) is 0 Å². The van der Waals surface area contributed by atoms with Crippen LogP contribution >= 0.6 is 0 Å². The van der Waals surface area contributed by atoms with Crippen molar-refractivity contribution in [3.8, 4) is 0 Å². The Bertz CT molecular complexity index is 574. The standard InChI is InChI=1S/C17H19F2NO/c1-12(14-8-9-15(18)16(19)10-14)20-17(11-21-2)13-6-4-3-5-7-13/h3-10,12,17,20H,11H2,1-2H3. The fourth-order valence-corrected chi connectivity index (χ4v) is 2.27. The van der Waals surface area contributed by atoms with Crippen LogP contribution in [0.5, 0.6) is 0 Å². The van der Waals surface area contributed by atoms with Gasteiger partial charge in [0, 0.05) is 13.2 Å². The van der Waals surface area contributed by atoms with Gasteiger partial charge in [-0.15, -0.1) is 0 Å². The number of halogens is 2. The van der Waals surface area contributed by atoms with E-state index in [1.54, 1.807) is 13.2 Å². The summed E-state index contributed by atoms with van der Waals surface area (Å²) in [5.41, 5.74) is 1.79. The molecule has 0 saturated carbocycles. The van der Waals surface area contributed by atoms with Gasteiger partial charge in [-0.2, -0.15) is 0 Å². The maximum absolute atomic E-state index is 13.3. The monoisotopic (exact) mass is 291 g/mol. The number of hydrogen-bond donors (Lipinski definition) is 1. The second-order valence-electron chi connectivity index (χ2n) is 4.98. The van der Waals surface area contributed by atoms with Gasteiger partial charge in [0.1, 0.15) is 0 Å². The van der Waals surface area contributed by atoms with E-state index >= 15 is 0 Å². The molecule has 2 rings (SSSR count). The molecule has 2 aromatic rings. The molecular weight excluding hydrogens is 272 g/mol. The van der Waals surface area contributed by atoms with Gasteiger partial charge < -0.3 is 10.1 Å². The highest BCUT2D eigenvalue weighted by atomic mass is 19.2. The van der Waals surface area contributed by atoms with Crippen molar-refractivity contribution >= 4 is 0 Å². The molecule has 2 nitrogen and oxygen atoms in total. The molecule has 2 atom stereocenters. The van der Waals surface area contributed by atoms with Gasteiger partial charge in [-0.1, -0.05) is 36.4 Å². The number of hydrogen-bond acceptors (Lipinski definition) is 2. The van der Waals surface area contributed by atoms with Crippen molar-refractivity contribution in [3.05, 3.63) is 71.3 Å². The Labute approximate surface area is 123 Å². The van der Waals surface area contributed by atoms with Crippen LogP contribution in [0, 0.1) is 11.6 Å². The SMILES string of the molecule is COCC(NC(C)c1ccc(F)c(F)c1)c1ccccc1. The maximum atomic E-state index is 13.3. The molecule has 0 heterocycles. The summed E-state index contributed by atoms with van der Waals surface area (Å²) in [5.74, 6) is -1.66. The Morgan fingerprint density at radius 2 is 1.71 bits per heavy atom. The molecule has 2 aromatic carbocycles. The molecule has 0 aliphatic carbocycles. The fourth-order valence-electron chi connectivity index (χ4n) is 2.27. The van der Waals surface area contributed by atoms with E-state index in [0.29, 0.717) is 12.2 Å². The Kier molecular flexibility index (Phi) is 5.42. The van der Waals surface area contributed by atoms with E-state index in [1.807, 2.05) is 37.3 Å². The molecule has 0 spiro atoms. The van der Waals surface area contributed by atoms with Crippen LogP contribution in [0.3, 0.4) is 0 Å². The summed E-state index contributed by atoms with van der Waals surface area (Å²) in [6, 6.07) is 13.7. The maximum Gasteiger partial charge on any atom is 0.159 e. The van der Waals surface area contributed by atoms with E-state index in [0.717, 1.165) is 11.6 Å². The summed E-state index contributed by atoms with van der Waals surface area (Å²) in [6.07, 6.45) is 0. The van der Waals surface area contributed by atoms with Crippen molar-refractivity contribution in [2.45, 2.75) is 19.0 Å². The van der Waals surface area contributed by atoms with Gasteiger partial charge >= 0.3 is 0 Å². The molecule has 4 heteroatoms. The zero-order valence-corrected chi connectivity index (χ0v) is 12.1. The average Bonchev–Trinajstić information content (AvgIpc) is 2.50. The fraction of sp³-hybridized carbons (Fsp3) is 0.294. The van der Waals surface area contributed by atoms with Crippen molar-refractivity contribution in [2.75, 3.05) is 13.7 Å². The summed E-state index contributed by atoms with van der Waals surface area (Å²) < 4.78 is 31.6. The number of methoxy groups -OCH3 is 1. The number of rotatable bonds is 6. The van der Waals surface area contributed by atoms with Crippen molar-refractivity contribution in [2.24, 2.45) is 0 Å². The smallest absolute Gasteiger partial charge is 0.159 e. The van der Waals surface area contributed by atoms with Gasteiger partial charge in [0.15, 0.2) is 11.6 Å². The summed E-state index contributed by atoms with van der Waals surface area (Å²) in [7, 11) is 1.64. The molecular formula is C17H19F2NO. The minimum atomic E-state index is -0.831. The van der Waals surface area contributed by atoms with Gasteiger partial charge in [-0.05, 0) is 30.2 Å². The highest BCUT2D eigenvalue weighted by Gasteiger charge is 2.16. The number of ether oxygens (including phenoxy) is 1. The second kappa shape index (κ2) is 7.29. The van der Waals surface area contributed by atoms with Crippen LogP contribution in [0.2, 0.25) is 0 Å². The van der Waals surface area contributed by atoms with Crippen LogP contribution in [0.15, 0.2) is 48.5 Å². The number of benzene rings is 2. The molecule has 0 amide bonds. The third-order valence-electron chi connectivity index (χ3n) is 3.43. The summed E-state index contributed by atoms with van der Waals surface area (Å²) in [5, 5.41) is 3.38. The Balaban J connectivity index is 2.14. The van der Waals surface area contributed by atoms with Crippen molar-refractivity contribution < 1.29 is 13.5 Å². The molecule has 0 fully saturated rings. The lowest BCUT2D eigenvalue weighted by molar-refractivity contribution is 0.162. The summed E-state index contributed by atoms with van der Waals surface area (Å²) in [4.78, 5) is 0.